The van der Waals surface area contributed by atoms with E-state index in [9.17, 15) is 0 Å². The lowest BCUT2D eigenvalue weighted by Gasteiger charge is -2.35. The molecular weight excluding hydrogens is 260 g/mol. The highest BCUT2D eigenvalue weighted by molar-refractivity contribution is 5.82. The van der Waals surface area contributed by atoms with Crippen LogP contribution in [-0.2, 0) is 13.1 Å². The van der Waals surface area contributed by atoms with Gasteiger partial charge < -0.3 is 10.2 Å². The molecule has 0 spiro atoms. The van der Waals surface area contributed by atoms with Gasteiger partial charge in [0.2, 0.25) is 0 Å². The Bertz CT molecular complexity index is 588. The van der Waals surface area contributed by atoms with E-state index in [4.69, 9.17) is 10.2 Å². The minimum atomic E-state index is 0.482. The van der Waals surface area contributed by atoms with Crippen LogP contribution in [0.2, 0.25) is 0 Å². The predicted molar refractivity (Wildman–Crippen MR) is 87.1 cm³/mol. The fourth-order valence-electron chi connectivity index (χ4n) is 3.62. The molecule has 3 nitrogen and oxygen atoms in total. The van der Waals surface area contributed by atoms with E-state index in [1.165, 1.54) is 49.6 Å². The number of hydrogen-bond donors (Lipinski definition) is 1. The number of rotatable bonds is 5. The van der Waals surface area contributed by atoms with Gasteiger partial charge in [-0.3, -0.25) is 4.90 Å². The van der Waals surface area contributed by atoms with E-state index in [0.29, 0.717) is 6.54 Å². The lowest BCUT2D eigenvalue weighted by atomic mass is 9.97. The van der Waals surface area contributed by atoms with Crippen LogP contribution in [0.25, 0.3) is 11.0 Å². The molecule has 114 valence electrons. The maximum atomic E-state index is 5.93. The van der Waals surface area contributed by atoms with Crippen LogP contribution >= 0.6 is 0 Å². The molecule has 1 aliphatic heterocycles. The van der Waals surface area contributed by atoms with Gasteiger partial charge in [-0.15, -0.1) is 0 Å². The van der Waals surface area contributed by atoms with Gasteiger partial charge in [-0.1, -0.05) is 38.0 Å². The van der Waals surface area contributed by atoms with Gasteiger partial charge in [-0.2, -0.15) is 0 Å². The predicted octanol–water partition coefficient (Wildman–Crippen LogP) is 4.05. The summed E-state index contributed by atoms with van der Waals surface area (Å²) in [4.78, 5) is 2.64. The zero-order chi connectivity index (χ0) is 14.7. The molecule has 0 aliphatic carbocycles. The first-order valence-corrected chi connectivity index (χ1v) is 8.27. The lowest BCUT2D eigenvalue weighted by Crippen LogP contribution is -2.39. The SMILES string of the molecule is CCCC1CCCCN1Cc1c(CN)oc2ccccc12. The van der Waals surface area contributed by atoms with E-state index in [2.05, 4.69) is 24.0 Å². The first kappa shape index (κ1) is 14.6. The monoisotopic (exact) mass is 286 g/mol. The highest BCUT2D eigenvalue weighted by atomic mass is 16.3. The Labute approximate surface area is 127 Å². The molecule has 2 N–H and O–H groups in total. The molecule has 1 saturated heterocycles. The van der Waals surface area contributed by atoms with Crippen molar-refractivity contribution in [1.29, 1.82) is 0 Å². The summed E-state index contributed by atoms with van der Waals surface area (Å²) in [6.07, 6.45) is 6.58. The maximum Gasteiger partial charge on any atom is 0.134 e. The number of benzene rings is 1. The van der Waals surface area contributed by atoms with Crippen molar-refractivity contribution in [1.82, 2.24) is 4.90 Å². The molecule has 2 heterocycles. The average Bonchev–Trinajstić information content (AvgIpc) is 2.87. The Morgan fingerprint density at radius 2 is 2.14 bits per heavy atom. The topological polar surface area (TPSA) is 42.4 Å². The highest BCUT2D eigenvalue weighted by Gasteiger charge is 2.24. The van der Waals surface area contributed by atoms with E-state index >= 15 is 0 Å². The van der Waals surface area contributed by atoms with Crippen LogP contribution < -0.4 is 5.73 Å². The van der Waals surface area contributed by atoms with Gasteiger partial charge in [0.05, 0.1) is 6.54 Å². The van der Waals surface area contributed by atoms with Crippen LogP contribution in [0.5, 0.6) is 0 Å². The van der Waals surface area contributed by atoms with Crippen LogP contribution in [-0.4, -0.2) is 17.5 Å². The third kappa shape index (κ3) is 2.99. The molecular formula is C18H26N2O. The summed E-state index contributed by atoms with van der Waals surface area (Å²) in [6, 6.07) is 9.03. The summed E-state index contributed by atoms with van der Waals surface area (Å²) >= 11 is 0. The first-order chi connectivity index (χ1) is 10.3. The number of furan rings is 1. The third-order valence-electron chi connectivity index (χ3n) is 4.70. The number of para-hydroxylation sites is 1. The minimum absolute atomic E-state index is 0.482. The molecule has 21 heavy (non-hydrogen) atoms. The summed E-state index contributed by atoms with van der Waals surface area (Å²) in [6.45, 7) is 4.95. The molecule has 1 aromatic carbocycles. The van der Waals surface area contributed by atoms with E-state index < -0.39 is 0 Å². The second-order valence-electron chi connectivity index (χ2n) is 6.11. The van der Waals surface area contributed by atoms with Gasteiger partial charge in [0, 0.05) is 23.5 Å². The summed E-state index contributed by atoms with van der Waals surface area (Å²) in [5.41, 5.74) is 8.17. The second kappa shape index (κ2) is 6.63. The van der Waals surface area contributed by atoms with Gasteiger partial charge in [-0.05, 0) is 31.9 Å². The zero-order valence-corrected chi connectivity index (χ0v) is 13.0. The van der Waals surface area contributed by atoms with Crippen molar-refractivity contribution in [3.63, 3.8) is 0 Å². The van der Waals surface area contributed by atoms with Gasteiger partial charge in [0.1, 0.15) is 11.3 Å². The minimum Gasteiger partial charge on any atom is -0.459 e. The van der Waals surface area contributed by atoms with E-state index in [1.807, 2.05) is 12.1 Å². The largest absolute Gasteiger partial charge is 0.459 e. The average molecular weight is 286 g/mol. The van der Waals surface area contributed by atoms with Crippen molar-refractivity contribution in [2.45, 2.75) is 58.2 Å². The van der Waals surface area contributed by atoms with Gasteiger partial charge in [-0.25, -0.2) is 0 Å². The fraction of sp³-hybridized carbons (Fsp3) is 0.556. The second-order valence-corrected chi connectivity index (χ2v) is 6.11. The molecule has 2 aromatic rings. The van der Waals surface area contributed by atoms with Crippen molar-refractivity contribution >= 4 is 11.0 Å². The van der Waals surface area contributed by atoms with Crippen molar-refractivity contribution in [3.05, 3.63) is 35.6 Å². The quantitative estimate of drug-likeness (QED) is 0.901. The van der Waals surface area contributed by atoms with Gasteiger partial charge in [0.15, 0.2) is 0 Å². The normalized spacial score (nSPS) is 20.2. The number of nitrogens with two attached hydrogens (primary N) is 1. The Balaban J connectivity index is 1.89. The van der Waals surface area contributed by atoms with Crippen LogP contribution in [0.15, 0.2) is 28.7 Å². The molecule has 1 aliphatic rings. The van der Waals surface area contributed by atoms with E-state index in [1.54, 1.807) is 0 Å². The highest BCUT2D eigenvalue weighted by Crippen LogP contribution is 2.30. The Morgan fingerprint density at radius 3 is 2.95 bits per heavy atom. The Kier molecular flexibility index (Phi) is 4.61. The van der Waals surface area contributed by atoms with Crippen molar-refractivity contribution in [3.8, 4) is 0 Å². The Morgan fingerprint density at radius 1 is 1.29 bits per heavy atom. The molecule has 1 aromatic heterocycles. The van der Waals surface area contributed by atoms with Crippen molar-refractivity contribution in [2.75, 3.05) is 6.54 Å². The molecule has 1 fully saturated rings. The molecule has 3 heteroatoms. The summed E-state index contributed by atoms with van der Waals surface area (Å²) in [5.74, 6) is 0.956. The first-order valence-electron chi connectivity index (χ1n) is 8.27. The smallest absolute Gasteiger partial charge is 0.134 e. The fourth-order valence-corrected chi connectivity index (χ4v) is 3.62. The van der Waals surface area contributed by atoms with Crippen LogP contribution in [0.3, 0.4) is 0 Å². The molecule has 1 atom stereocenters. The van der Waals surface area contributed by atoms with Crippen LogP contribution in [0.4, 0.5) is 0 Å². The molecule has 0 bridgehead atoms. The van der Waals surface area contributed by atoms with Gasteiger partial charge >= 0.3 is 0 Å². The number of piperidine rings is 1. The van der Waals surface area contributed by atoms with E-state index in [0.717, 1.165) is 23.9 Å². The maximum absolute atomic E-state index is 5.93. The van der Waals surface area contributed by atoms with Crippen molar-refractivity contribution in [2.24, 2.45) is 5.73 Å². The molecule has 0 radical (unpaired) electrons. The van der Waals surface area contributed by atoms with Crippen LogP contribution in [0.1, 0.15) is 50.4 Å². The Hall–Kier alpha value is -1.32. The van der Waals surface area contributed by atoms with E-state index in [-0.39, 0.29) is 0 Å². The number of hydrogen-bond acceptors (Lipinski definition) is 3. The van der Waals surface area contributed by atoms with Gasteiger partial charge in [0.25, 0.3) is 0 Å². The molecule has 0 saturated carbocycles. The lowest BCUT2D eigenvalue weighted by molar-refractivity contribution is 0.131. The zero-order valence-electron chi connectivity index (χ0n) is 13.0. The molecule has 3 rings (SSSR count). The number of nitrogens with zero attached hydrogens (tertiary/aromatic N) is 1. The number of fused-ring (bicyclic) bond motifs is 1. The summed E-state index contributed by atoms with van der Waals surface area (Å²) in [7, 11) is 0. The standard InChI is InChI=1S/C18H26N2O/c1-2-7-14-8-5-6-11-20(14)13-16-15-9-3-4-10-17(15)21-18(16)12-19/h3-4,9-10,14H,2,5-8,11-13,19H2,1H3. The summed E-state index contributed by atoms with van der Waals surface area (Å²) in [5, 5.41) is 1.23. The van der Waals surface area contributed by atoms with Crippen LogP contribution in [0, 0.1) is 0 Å². The third-order valence-corrected chi connectivity index (χ3v) is 4.70. The molecule has 0 amide bonds. The molecule has 1 unspecified atom stereocenters. The van der Waals surface area contributed by atoms with Crippen molar-refractivity contribution < 1.29 is 4.42 Å². The number of likely N-dealkylation sites (tertiary alicyclic amines) is 1. The summed E-state index contributed by atoms with van der Waals surface area (Å²) < 4.78 is 5.93.